The molecule has 0 radical (unpaired) electrons. The van der Waals surface area contributed by atoms with Gasteiger partial charge in [-0.15, -0.1) is 0 Å². The number of aromatic nitrogens is 2. The van der Waals surface area contributed by atoms with E-state index in [0.717, 1.165) is 0 Å². The number of carbonyl (C=O) groups is 1. The van der Waals surface area contributed by atoms with Crippen LogP contribution in [0.4, 0.5) is 11.5 Å². The fourth-order valence-electron chi connectivity index (χ4n) is 1.39. The van der Waals surface area contributed by atoms with E-state index in [0.29, 0.717) is 22.1 Å². The Morgan fingerprint density at radius 1 is 1.53 bits per heavy atom. The second-order valence-corrected chi connectivity index (χ2v) is 3.97. The molecule has 0 unspecified atom stereocenters. The summed E-state index contributed by atoms with van der Waals surface area (Å²) in [4.78, 5) is 11.9. The lowest BCUT2D eigenvalue weighted by Gasteiger charge is -2.04. The number of nitrogens with one attached hydrogen (secondary N) is 1. The molecule has 0 saturated carbocycles. The van der Waals surface area contributed by atoms with Crippen LogP contribution in [0.2, 0.25) is 5.02 Å². The number of nitrogens with two attached hydrogens (primary N) is 1. The van der Waals surface area contributed by atoms with Crippen LogP contribution in [0.1, 0.15) is 10.4 Å². The highest BCUT2D eigenvalue weighted by Gasteiger charge is 2.13. The lowest BCUT2D eigenvalue weighted by molar-refractivity contribution is 0.102. The number of hydrogen-bond acceptors (Lipinski definition) is 3. The van der Waals surface area contributed by atoms with Crippen molar-refractivity contribution in [1.82, 2.24) is 9.78 Å². The molecule has 0 fully saturated rings. The first-order valence-corrected chi connectivity index (χ1v) is 5.30. The molecule has 1 heterocycles. The molecule has 5 nitrogen and oxygen atoms in total. The molecular weight excluding hydrogens is 240 g/mol. The van der Waals surface area contributed by atoms with E-state index in [4.69, 9.17) is 17.3 Å². The Hall–Kier alpha value is -2.01. The van der Waals surface area contributed by atoms with Crippen molar-refractivity contribution in [2.75, 3.05) is 11.1 Å². The Labute approximate surface area is 103 Å². The predicted molar refractivity (Wildman–Crippen MR) is 67.0 cm³/mol. The van der Waals surface area contributed by atoms with Crippen molar-refractivity contribution in [3.63, 3.8) is 0 Å². The van der Waals surface area contributed by atoms with E-state index in [-0.39, 0.29) is 5.91 Å². The van der Waals surface area contributed by atoms with Gasteiger partial charge in [-0.1, -0.05) is 17.7 Å². The number of rotatable bonds is 2. The molecule has 0 aliphatic carbocycles. The largest absolute Gasteiger partial charge is 0.383 e. The summed E-state index contributed by atoms with van der Waals surface area (Å²) >= 11 is 5.82. The zero-order chi connectivity index (χ0) is 12.4. The van der Waals surface area contributed by atoms with Gasteiger partial charge in [-0.2, -0.15) is 5.10 Å². The Morgan fingerprint density at radius 2 is 2.29 bits per heavy atom. The van der Waals surface area contributed by atoms with E-state index in [1.165, 1.54) is 10.9 Å². The molecule has 0 aliphatic rings. The molecular formula is C11H11ClN4O. The smallest absolute Gasteiger partial charge is 0.261 e. The molecule has 1 amide bonds. The van der Waals surface area contributed by atoms with E-state index >= 15 is 0 Å². The summed E-state index contributed by atoms with van der Waals surface area (Å²) in [5.41, 5.74) is 6.66. The van der Waals surface area contributed by atoms with Gasteiger partial charge in [0, 0.05) is 17.8 Å². The molecule has 0 saturated heterocycles. The molecule has 2 aromatic rings. The Morgan fingerprint density at radius 3 is 2.88 bits per heavy atom. The van der Waals surface area contributed by atoms with Crippen LogP contribution < -0.4 is 11.1 Å². The van der Waals surface area contributed by atoms with Crippen molar-refractivity contribution >= 4 is 29.0 Å². The SMILES string of the molecule is Cn1ncc(C(=O)Nc2cccc(Cl)c2)c1N. The average Bonchev–Trinajstić information content (AvgIpc) is 2.60. The minimum atomic E-state index is -0.308. The Bertz CT molecular complexity index is 564. The zero-order valence-corrected chi connectivity index (χ0v) is 9.90. The summed E-state index contributed by atoms with van der Waals surface area (Å²) in [7, 11) is 1.67. The highest BCUT2D eigenvalue weighted by molar-refractivity contribution is 6.31. The standard InChI is InChI=1S/C11H11ClN4O/c1-16-10(13)9(6-14-16)11(17)15-8-4-2-3-7(12)5-8/h2-6H,13H2,1H3,(H,15,17). The molecule has 2 rings (SSSR count). The summed E-state index contributed by atoms with van der Waals surface area (Å²) in [5.74, 6) is 0.0161. The molecule has 0 atom stereocenters. The molecule has 17 heavy (non-hydrogen) atoms. The van der Waals surface area contributed by atoms with E-state index in [1.807, 2.05) is 0 Å². The number of hydrogen-bond donors (Lipinski definition) is 2. The minimum Gasteiger partial charge on any atom is -0.383 e. The van der Waals surface area contributed by atoms with Crippen molar-refractivity contribution in [3.05, 3.63) is 41.0 Å². The van der Waals surface area contributed by atoms with Gasteiger partial charge >= 0.3 is 0 Å². The molecule has 1 aromatic carbocycles. The fourth-order valence-corrected chi connectivity index (χ4v) is 1.58. The van der Waals surface area contributed by atoms with Gasteiger partial charge in [-0.05, 0) is 18.2 Å². The van der Waals surface area contributed by atoms with Crippen LogP contribution in [0.25, 0.3) is 0 Å². The maximum Gasteiger partial charge on any atom is 0.261 e. The van der Waals surface area contributed by atoms with Gasteiger partial charge < -0.3 is 11.1 Å². The van der Waals surface area contributed by atoms with Crippen LogP contribution in [0.5, 0.6) is 0 Å². The van der Waals surface area contributed by atoms with Gasteiger partial charge in [0.05, 0.1) is 6.20 Å². The van der Waals surface area contributed by atoms with Crippen molar-refractivity contribution < 1.29 is 4.79 Å². The third-order valence-corrected chi connectivity index (χ3v) is 2.55. The summed E-state index contributed by atoms with van der Waals surface area (Å²) in [6, 6.07) is 6.89. The quantitative estimate of drug-likeness (QED) is 0.855. The molecule has 0 bridgehead atoms. The van der Waals surface area contributed by atoms with Crippen molar-refractivity contribution in [2.24, 2.45) is 7.05 Å². The molecule has 88 valence electrons. The van der Waals surface area contributed by atoms with Crippen LogP contribution >= 0.6 is 11.6 Å². The van der Waals surface area contributed by atoms with Crippen molar-refractivity contribution in [2.45, 2.75) is 0 Å². The second kappa shape index (κ2) is 4.47. The average molecular weight is 251 g/mol. The Balaban J connectivity index is 2.20. The number of halogens is 1. The molecule has 3 N–H and O–H groups in total. The van der Waals surface area contributed by atoms with E-state index in [2.05, 4.69) is 10.4 Å². The monoisotopic (exact) mass is 250 g/mol. The van der Waals surface area contributed by atoms with Crippen LogP contribution in [-0.4, -0.2) is 15.7 Å². The number of aryl methyl sites for hydroxylation is 1. The highest BCUT2D eigenvalue weighted by atomic mass is 35.5. The van der Waals surface area contributed by atoms with E-state index in [9.17, 15) is 4.79 Å². The van der Waals surface area contributed by atoms with E-state index < -0.39 is 0 Å². The first-order chi connectivity index (χ1) is 8.08. The first kappa shape index (κ1) is 11.5. The minimum absolute atomic E-state index is 0.308. The fraction of sp³-hybridized carbons (Fsp3) is 0.0909. The van der Waals surface area contributed by atoms with Gasteiger partial charge in [0.2, 0.25) is 0 Å². The van der Waals surface area contributed by atoms with Crippen molar-refractivity contribution in [1.29, 1.82) is 0 Å². The normalized spacial score (nSPS) is 10.2. The van der Waals surface area contributed by atoms with Crippen LogP contribution in [0.3, 0.4) is 0 Å². The summed E-state index contributed by atoms with van der Waals surface area (Å²) < 4.78 is 1.44. The van der Waals surface area contributed by atoms with Gasteiger partial charge in [0.1, 0.15) is 11.4 Å². The maximum absolute atomic E-state index is 11.9. The summed E-state index contributed by atoms with van der Waals surface area (Å²) in [5, 5.41) is 7.16. The van der Waals surface area contributed by atoms with Crippen molar-refractivity contribution in [3.8, 4) is 0 Å². The zero-order valence-electron chi connectivity index (χ0n) is 9.14. The van der Waals surface area contributed by atoms with Crippen LogP contribution in [-0.2, 0) is 7.05 Å². The summed E-state index contributed by atoms with van der Waals surface area (Å²) in [6.45, 7) is 0. The number of nitrogens with zero attached hydrogens (tertiary/aromatic N) is 2. The van der Waals surface area contributed by atoms with Gasteiger partial charge in [-0.25, -0.2) is 0 Å². The first-order valence-electron chi connectivity index (χ1n) is 4.92. The third kappa shape index (κ3) is 2.39. The number of nitrogen functional groups attached to an aromatic ring is 1. The lowest BCUT2D eigenvalue weighted by atomic mass is 10.2. The van der Waals surface area contributed by atoms with Gasteiger partial charge in [0.15, 0.2) is 0 Å². The summed E-state index contributed by atoms with van der Waals surface area (Å²) in [6.07, 6.45) is 1.43. The number of anilines is 2. The van der Waals surface area contributed by atoms with Crippen LogP contribution in [0.15, 0.2) is 30.5 Å². The van der Waals surface area contributed by atoms with Gasteiger partial charge in [0.25, 0.3) is 5.91 Å². The molecule has 0 aliphatic heterocycles. The Kier molecular flexibility index (Phi) is 3.01. The van der Waals surface area contributed by atoms with Crippen LogP contribution in [0, 0.1) is 0 Å². The van der Waals surface area contributed by atoms with Gasteiger partial charge in [-0.3, -0.25) is 9.48 Å². The molecule has 6 heteroatoms. The number of amides is 1. The highest BCUT2D eigenvalue weighted by Crippen LogP contribution is 2.17. The van der Waals surface area contributed by atoms with E-state index in [1.54, 1.807) is 31.3 Å². The third-order valence-electron chi connectivity index (χ3n) is 2.31. The molecule has 1 aromatic heterocycles. The predicted octanol–water partition coefficient (Wildman–Crippen LogP) is 1.91. The maximum atomic E-state index is 11.9. The molecule has 0 spiro atoms. The number of carbonyl (C=O) groups excluding carboxylic acids is 1. The topological polar surface area (TPSA) is 72.9 Å². The number of benzene rings is 1. The lowest BCUT2D eigenvalue weighted by Crippen LogP contribution is -2.13. The second-order valence-electron chi connectivity index (χ2n) is 3.53.